The maximum Gasteiger partial charge on any atom is 0.142 e. The zero-order valence-electron chi connectivity index (χ0n) is 8.14. The van der Waals surface area contributed by atoms with Crippen LogP contribution in [0.5, 0.6) is 0 Å². The molecule has 2 saturated carbocycles. The van der Waals surface area contributed by atoms with Gasteiger partial charge in [-0.2, -0.15) is 10.4 Å². The maximum atomic E-state index is 8.85. The number of hydrogen-bond acceptors (Lipinski definition) is 3. The second-order valence-corrected chi connectivity index (χ2v) is 4.45. The van der Waals surface area contributed by atoms with Crippen LogP contribution >= 0.6 is 0 Å². The Morgan fingerprint density at radius 1 is 1.64 bits per heavy atom. The minimum atomic E-state index is 0.413. The molecule has 0 amide bonds. The van der Waals surface area contributed by atoms with Crippen LogP contribution in [0.1, 0.15) is 13.3 Å². The van der Waals surface area contributed by atoms with Gasteiger partial charge in [0, 0.05) is 5.92 Å². The molecule has 3 nitrogen and oxygen atoms in total. The summed E-state index contributed by atoms with van der Waals surface area (Å²) in [7, 11) is 0. The lowest BCUT2D eigenvalue weighted by molar-refractivity contribution is 0.453. The molecule has 2 fully saturated rings. The summed E-state index contributed by atoms with van der Waals surface area (Å²) in [6.07, 6.45) is 5.60. The maximum absolute atomic E-state index is 8.85. The average molecular weight is 187 g/mol. The number of rotatable bonds is 1. The van der Waals surface area contributed by atoms with E-state index < -0.39 is 0 Å². The Kier molecular flexibility index (Phi) is 1.49. The summed E-state index contributed by atoms with van der Waals surface area (Å²) in [6, 6.07) is 2.65. The van der Waals surface area contributed by atoms with Crippen LogP contribution in [0.4, 0.5) is 0 Å². The minimum absolute atomic E-state index is 0.413. The first kappa shape index (κ1) is 8.05. The highest BCUT2D eigenvalue weighted by molar-refractivity contribution is 6.02. The molecule has 3 aliphatic rings. The fourth-order valence-electron chi connectivity index (χ4n) is 3.24. The molecular weight excluding hydrogens is 174 g/mol. The largest absolute Gasteiger partial charge is 0.305 e. The third-order valence-electron chi connectivity index (χ3n) is 3.88. The smallest absolute Gasteiger partial charge is 0.142 e. The van der Waals surface area contributed by atoms with Crippen molar-refractivity contribution in [2.45, 2.75) is 19.4 Å². The molecule has 0 aromatic heterocycles. The van der Waals surface area contributed by atoms with E-state index in [-0.39, 0.29) is 0 Å². The SMILES string of the molecule is CC=C[C@@H]1[C@@H]2CC3C(C#N)=NNC3[C@H]12. The third kappa shape index (κ3) is 0.836. The van der Waals surface area contributed by atoms with Crippen molar-refractivity contribution in [3.8, 4) is 6.07 Å². The van der Waals surface area contributed by atoms with E-state index in [2.05, 4.69) is 35.7 Å². The number of allylic oxidation sites excluding steroid dienone is 2. The number of nitrogens with one attached hydrogen (secondary N) is 1. The normalized spacial score (nSPS) is 48.0. The monoisotopic (exact) mass is 187 g/mol. The van der Waals surface area contributed by atoms with Crippen molar-refractivity contribution in [2.24, 2.45) is 28.8 Å². The van der Waals surface area contributed by atoms with Crippen molar-refractivity contribution in [1.29, 1.82) is 5.26 Å². The first-order valence-corrected chi connectivity index (χ1v) is 5.23. The van der Waals surface area contributed by atoms with Crippen LogP contribution in [-0.4, -0.2) is 11.8 Å². The molecule has 3 heteroatoms. The molecular formula is C11H13N3. The molecule has 5 atom stereocenters. The van der Waals surface area contributed by atoms with Gasteiger partial charge in [-0.25, -0.2) is 0 Å². The Hall–Kier alpha value is -1.30. The van der Waals surface area contributed by atoms with Crippen molar-refractivity contribution < 1.29 is 0 Å². The number of hydrazone groups is 1. The van der Waals surface area contributed by atoms with Gasteiger partial charge in [-0.3, -0.25) is 0 Å². The first-order valence-electron chi connectivity index (χ1n) is 5.23. The molecule has 72 valence electrons. The van der Waals surface area contributed by atoms with Crippen LogP contribution in [0.15, 0.2) is 17.3 Å². The highest BCUT2D eigenvalue weighted by Gasteiger charge is 2.63. The van der Waals surface area contributed by atoms with Gasteiger partial charge >= 0.3 is 0 Å². The zero-order chi connectivity index (χ0) is 9.71. The number of fused-ring (bicyclic) bond motifs is 3. The van der Waals surface area contributed by atoms with E-state index in [4.69, 9.17) is 5.26 Å². The van der Waals surface area contributed by atoms with Crippen molar-refractivity contribution in [3.63, 3.8) is 0 Å². The van der Waals surface area contributed by atoms with E-state index in [1.165, 1.54) is 0 Å². The van der Waals surface area contributed by atoms with E-state index in [0.29, 0.717) is 12.0 Å². The summed E-state index contributed by atoms with van der Waals surface area (Å²) in [5.74, 6) is 2.72. The van der Waals surface area contributed by atoms with Gasteiger partial charge in [0.05, 0.1) is 6.04 Å². The standard InChI is InChI=1S/C11H13N3/c1-2-3-6-7-4-8-9(5-12)13-14-11(8)10(6)7/h2-3,6-8,10-11,14H,4H2,1H3/t6-,7+,8?,10-,11?/m1/s1. The summed E-state index contributed by atoms with van der Waals surface area (Å²) in [4.78, 5) is 0. The van der Waals surface area contributed by atoms with E-state index >= 15 is 0 Å². The lowest BCUT2D eigenvalue weighted by atomic mass is 9.92. The van der Waals surface area contributed by atoms with Crippen LogP contribution in [-0.2, 0) is 0 Å². The van der Waals surface area contributed by atoms with E-state index in [1.54, 1.807) is 0 Å². The van der Waals surface area contributed by atoms with Gasteiger partial charge in [-0.1, -0.05) is 12.2 Å². The van der Waals surface area contributed by atoms with Gasteiger partial charge in [0.2, 0.25) is 0 Å². The molecule has 3 rings (SSSR count). The lowest BCUT2D eigenvalue weighted by Gasteiger charge is -2.13. The fraction of sp³-hybridized carbons (Fsp3) is 0.636. The van der Waals surface area contributed by atoms with Crippen LogP contribution in [0.2, 0.25) is 0 Å². The number of hydrogen-bond donors (Lipinski definition) is 1. The number of nitriles is 1. The summed E-state index contributed by atoms with van der Waals surface area (Å²) >= 11 is 0. The molecule has 2 unspecified atom stereocenters. The Morgan fingerprint density at radius 3 is 3.21 bits per heavy atom. The second kappa shape index (κ2) is 2.60. The Morgan fingerprint density at radius 2 is 2.50 bits per heavy atom. The molecule has 0 bridgehead atoms. The van der Waals surface area contributed by atoms with Crippen LogP contribution in [0.3, 0.4) is 0 Å². The Bertz CT molecular complexity index is 363. The molecule has 2 aliphatic carbocycles. The van der Waals surface area contributed by atoms with Gasteiger partial charge < -0.3 is 5.43 Å². The quantitative estimate of drug-likeness (QED) is 0.629. The molecule has 0 aromatic rings. The molecule has 1 heterocycles. The molecule has 0 aromatic carbocycles. The highest BCUT2D eigenvalue weighted by Crippen LogP contribution is 2.61. The number of nitrogens with zero attached hydrogens (tertiary/aromatic N) is 2. The average Bonchev–Trinajstić information content (AvgIpc) is 2.61. The molecule has 0 saturated heterocycles. The van der Waals surface area contributed by atoms with Gasteiger partial charge in [0.15, 0.2) is 0 Å². The van der Waals surface area contributed by atoms with Crippen molar-refractivity contribution in [3.05, 3.63) is 12.2 Å². The molecule has 0 radical (unpaired) electrons. The summed E-state index contributed by atoms with van der Waals surface area (Å²) < 4.78 is 0. The van der Waals surface area contributed by atoms with E-state index in [0.717, 1.165) is 29.9 Å². The third-order valence-corrected chi connectivity index (χ3v) is 3.88. The van der Waals surface area contributed by atoms with Crippen molar-refractivity contribution in [2.75, 3.05) is 0 Å². The molecule has 0 spiro atoms. The predicted octanol–water partition coefficient (Wildman–Crippen LogP) is 1.30. The zero-order valence-corrected chi connectivity index (χ0v) is 8.14. The minimum Gasteiger partial charge on any atom is -0.305 e. The Balaban J connectivity index is 1.76. The van der Waals surface area contributed by atoms with E-state index in [9.17, 15) is 0 Å². The first-order chi connectivity index (χ1) is 6.86. The second-order valence-electron chi connectivity index (χ2n) is 4.45. The van der Waals surface area contributed by atoms with Crippen LogP contribution in [0.25, 0.3) is 0 Å². The highest BCUT2D eigenvalue weighted by atomic mass is 15.3. The summed E-state index contributed by atoms with van der Waals surface area (Å²) in [5.41, 5.74) is 3.85. The van der Waals surface area contributed by atoms with Gasteiger partial charge in [0.25, 0.3) is 0 Å². The van der Waals surface area contributed by atoms with E-state index in [1.807, 2.05) is 0 Å². The van der Waals surface area contributed by atoms with Crippen molar-refractivity contribution >= 4 is 5.71 Å². The van der Waals surface area contributed by atoms with Gasteiger partial charge in [-0.05, 0) is 31.1 Å². The van der Waals surface area contributed by atoms with Crippen LogP contribution < -0.4 is 5.43 Å². The van der Waals surface area contributed by atoms with Gasteiger partial charge in [-0.15, -0.1) is 0 Å². The molecule has 1 N–H and O–H groups in total. The van der Waals surface area contributed by atoms with Crippen molar-refractivity contribution in [1.82, 2.24) is 5.43 Å². The van der Waals surface area contributed by atoms with Crippen LogP contribution in [0, 0.1) is 35.0 Å². The molecule has 14 heavy (non-hydrogen) atoms. The fourth-order valence-corrected chi connectivity index (χ4v) is 3.24. The summed E-state index contributed by atoms with van der Waals surface area (Å²) in [5, 5.41) is 12.9. The Labute approximate surface area is 83.5 Å². The van der Waals surface area contributed by atoms with Gasteiger partial charge in [0.1, 0.15) is 11.8 Å². The lowest BCUT2D eigenvalue weighted by Crippen LogP contribution is -2.28. The topological polar surface area (TPSA) is 48.2 Å². The summed E-state index contributed by atoms with van der Waals surface area (Å²) in [6.45, 7) is 2.07. The molecule has 1 aliphatic heterocycles. The predicted molar refractivity (Wildman–Crippen MR) is 53.4 cm³/mol.